The summed E-state index contributed by atoms with van der Waals surface area (Å²) in [7, 11) is 4.32. The number of nitrogens with zero attached hydrogens (tertiary/aromatic N) is 2. The number of nitrogens with one attached hydrogen (secondary N) is 1. The zero-order chi connectivity index (χ0) is 23.8. The van der Waals surface area contributed by atoms with E-state index in [1.807, 2.05) is 6.07 Å². The number of hydrogen-bond acceptors (Lipinski definition) is 8. The standard InChI is InChI=1S/C23H27N3O7/c1-30-18-10-16(11-19(31-2)21(18)32-3)20(27)22(28)26-9-5-7-17(26)14-33-23(29)25-13-15-6-4-8-24-12-15/h4,6,8,10-12,17H,5,7,9,13-14H2,1-3H3,(H,25,29). The number of Topliss-reactive ketones (excluding diaryl/α,β-unsaturated/α-hetero) is 1. The van der Waals surface area contributed by atoms with E-state index in [-0.39, 0.29) is 36.3 Å². The van der Waals surface area contributed by atoms with Gasteiger partial charge in [0.25, 0.3) is 11.7 Å². The number of aromatic nitrogens is 1. The quantitative estimate of drug-likeness (QED) is 0.450. The predicted molar refractivity (Wildman–Crippen MR) is 118 cm³/mol. The van der Waals surface area contributed by atoms with Gasteiger partial charge in [0.15, 0.2) is 11.5 Å². The summed E-state index contributed by atoms with van der Waals surface area (Å²) < 4.78 is 21.1. The maximum absolute atomic E-state index is 13.0. The molecule has 1 fully saturated rings. The molecule has 1 aliphatic heterocycles. The first kappa shape index (κ1) is 23.8. The zero-order valence-corrected chi connectivity index (χ0v) is 18.8. The molecular formula is C23H27N3O7. The van der Waals surface area contributed by atoms with Crippen LogP contribution in [0.1, 0.15) is 28.8 Å². The van der Waals surface area contributed by atoms with E-state index in [1.165, 1.54) is 38.4 Å². The summed E-state index contributed by atoms with van der Waals surface area (Å²) in [5.74, 6) is -0.499. The van der Waals surface area contributed by atoms with E-state index >= 15 is 0 Å². The van der Waals surface area contributed by atoms with Crippen LogP contribution in [0.15, 0.2) is 36.7 Å². The van der Waals surface area contributed by atoms with Gasteiger partial charge in [-0.15, -0.1) is 0 Å². The molecule has 1 aliphatic rings. The molecule has 2 amide bonds. The molecule has 1 N–H and O–H groups in total. The molecule has 1 unspecified atom stereocenters. The first-order chi connectivity index (χ1) is 16.0. The number of carbonyl (C=O) groups is 3. The van der Waals surface area contributed by atoms with Gasteiger partial charge < -0.3 is 29.2 Å². The van der Waals surface area contributed by atoms with Crippen molar-refractivity contribution < 1.29 is 33.3 Å². The number of rotatable bonds is 9. The molecule has 2 heterocycles. The minimum Gasteiger partial charge on any atom is -0.493 e. The third-order valence-electron chi connectivity index (χ3n) is 5.33. The van der Waals surface area contributed by atoms with Crippen LogP contribution in [0, 0.1) is 0 Å². The molecule has 176 valence electrons. The van der Waals surface area contributed by atoms with Gasteiger partial charge >= 0.3 is 6.09 Å². The minimum atomic E-state index is -0.706. The summed E-state index contributed by atoms with van der Waals surface area (Å²) in [6.45, 7) is 0.674. The number of pyridine rings is 1. The van der Waals surface area contributed by atoms with Gasteiger partial charge in [0.2, 0.25) is 5.75 Å². The topological polar surface area (TPSA) is 116 Å². The van der Waals surface area contributed by atoms with Gasteiger partial charge in [-0.2, -0.15) is 0 Å². The summed E-state index contributed by atoms with van der Waals surface area (Å²) in [5.41, 5.74) is 0.957. The fourth-order valence-electron chi connectivity index (χ4n) is 3.64. The summed E-state index contributed by atoms with van der Waals surface area (Å²) >= 11 is 0. The van der Waals surface area contributed by atoms with Gasteiger partial charge in [-0.3, -0.25) is 14.6 Å². The predicted octanol–water partition coefficient (Wildman–Crippen LogP) is 2.21. The highest BCUT2D eigenvalue weighted by atomic mass is 16.5. The maximum atomic E-state index is 13.0. The van der Waals surface area contributed by atoms with E-state index in [2.05, 4.69) is 10.3 Å². The Balaban J connectivity index is 1.62. The van der Waals surface area contributed by atoms with Crippen molar-refractivity contribution in [2.24, 2.45) is 0 Å². The summed E-state index contributed by atoms with van der Waals surface area (Å²) in [4.78, 5) is 43.4. The normalized spacial score (nSPS) is 15.0. The van der Waals surface area contributed by atoms with E-state index in [0.717, 1.165) is 5.56 Å². The Labute approximate surface area is 191 Å². The van der Waals surface area contributed by atoms with E-state index < -0.39 is 17.8 Å². The van der Waals surface area contributed by atoms with Gasteiger partial charge in [-0.05, 0) is 36.6 Å². The Morgan fingerprint density at radius 3 is 2.45 bits per heavy atom. The van der Waals surface area contributed by atoms with Crippen molar-refractivity contribution in [2.75, 3.05) is 34.5 Å². The monoisotopic (exact) mass is 457 g/mol. The van der Waals surface area contributed by atoms with Crippen LogP contribution >= 0.6 is 0 Å². The van der Waals surface area contributed by atoms with Crippen molar-refractivity contribution in [2.45, 2.75) is 25.4 Å². The van der Waals surface area contributed by atoms with Crippen LogP contribution in [0.4, 0.5) is 4.79 Å². The van der Waals surface area contributed by atoms with Gasteiger partial charge in [-0.25, -0.2) is 4.79 Å². The number of ketones is 1. The maximum Gasteiger partial charge on any atom is 0.407 e. The van der Waals surface area contributed by atoms with Gasteiger partial charge in [0.05, 0.1) is 27.4 Å². The van der Waals surface area contributed by atoms with Crippen LogP contribution in [0.2, 0.25) is 0 Å². The first-order valence-corrected chi connectivity index (χ1v) is 10.4. The van der Waals surface area contributed by atoms with Crippen molar-refractivity contribution in [3.05, 3.63) is 47.8 Å². The number of ether oxygens (including phenoxy) is 4. The van der Waals surface area contributed by atoms with Crippen molar-refractivity contribution in [3.63, 3.8) is 0 Å². The second-order valence-corrected chi connectivity index (χ2v) is 7.35. The van der Waals surface area contributed by atoms with Crippen LogP contribution in [0.3, 0.4) is 0 Å². The zero-order valence-electron chi connectivity index (χ0n) is 18.8. The Bertz CT molecular complexity index is 972. The number of hydrogen-bond donors (Lipinski definition) is 1. The van der Waals surface area contributed by atoms with Crippen molar-refractivity contribution in [1.29, 1.82) is 0 Å². The van der Waals surface area contributed by atoms with Gasteiger partial charge in [0.1, 0.15) is 6.61 Å². The molecule has 33 heavy (non-hydrogen) atoms. The smallest absolute Gasteiger partial charge is 0.407 e. The molecule has 1 saturated heterocycles. The fourth-order valence-corrected chi connectivity index (χ4v) is 3.64. The molecule has 1 aromatic carbocycles. The van der Waals surface area contributed by atoms with Crippen molar-refractivity contribution in [1.82, 2.24) is 15.2 Å². The van der Waals surface area contributed by atoms with Gasteiger partial charge in [0, 0.05) is 31.0 Å². The molecule has 0 aliphatic carbocycles. The third kappa shape index (κ3) is 5.71. The van der Waals surface area contributed by atoms with Crippen LogP contribution in [0.25, 0.3) is 0 Å². The average Bonchev–Trinajstić information content (AvgIpc) is 3.33. The lowest BCUT2D eigenvalue weighted by atomic mass is 10.1. The first-order valence-electron chi connectivity index (χ1n) is 10.4. The van der Waals surface area contributed by atoms with E-state index in [4.69, 9.17) is 18.9 Å². The van der Waals surface area contributed by atoms with Crippen LogP contribution in [-0.2, 0) is 16.1 Å². The summed E-state index contributed by atoms with van der Waals surface area (Å²) in [5, 5.41) is 2.64. The molecule has 1 atom stereocenters. The molecule has 2 aromatic rings. The van der Waals surface area contributed by atoms with E-state index in [1.54, 1.807) is 18.5 Å². The second kappa shape index (κ2) is 11.2. The molecule has 1 aromatic heterocycles. The van der Waals surface area contributed by atoms with Crippen LogP contribution in [0.5, 0.6) is 17.2 Å². The largest absolute Gasteiger partial charge is 0.493 e. The summed E-state index contributed by atoms with van der Waals surface area (Å²) in [6, 6.07) is 6.10. The molecule has 10 heteroatoms. The van der Waals surface area contributed by atoms with E-state index in [0.29, 0.717) is 25.1 Å². The average molecular weight is 457 g/mol. The summed E-state index contributed by atoms with van der Waals surface area (Å²) in [6.07, 6.45) is 4.03. The number of carbonyl (C=O) groups excluding carboxylic acids is 3. The Kier molecular flexibility index (Phi) is 8.06. The lowest BCUT2D eigenvalue weighted by molar-refractivity contribution is -0.127. The second-order valence-electron chi connectivity index (χ2n) is 7.35. The van der Waals surface area contributed by atoms with Gasteiger partial charge in [-0.1, -0.05) is 6.07 Å². The SMILES string of the molecule is COc1cc(C(=O)C(=O)N2CCCC2COC(=O)NCc2cccnc2)cc(OC)c1OC. The highest BCUT2D eigenvalue weighted by Gasteiger charge is 2.34. The highest BCUT2D eigenvalue weighted by Crippen LogP contribution is 2.38. The Hall–Kier alpha value is -3.82. The Morgan fingerprint density at radius 1 is 1.12 bits per heavy atom. The lowest BCUT2D eigenvalue weighted by Gasteiger charge is -2.24. The molecule has 0 radical (unpaired) electrons. The van der Waals surface area contributed by atoms with Crippen molar-refractivity contribution >= 4 is 17.8 Å². The molecule has 10 nitrogen and oxygen atoms in total. The molecule has 0 bridgehead atoms. The Morgan fingerprint density at radius 2 is 1.85 bits per heavy atom. The fraction of sp³-hybridized carbons (Fsp3) is 0.391. The highest BCUT2D eigenvalue weighted by molar-refractivity contribution is 6.43. The number of alkyl carbamates (subject to hydrolysis) is 1. The number of amides is 2. The number of benzene rings is 1. The molecule has 0 saturated carbocycles. The minimum absolute atomic E-state index is 0.00680. The molecular weight excluding hydrogens is 430 g/mol. The number of methoxy groups -OCH3 is 3. The lowest BCUT2D eigenvalue weighted by Crippen LogP contribution is -2.43. The van der Waals surface area contributed by atoms with E-state index in [9.17, 15) is 14.4 Å². The number of likely N-dealkylation sites (tertiary alicyclic amines) is 1. The van der Waals surface area contributed by atoms with Crippen LogP contribution in [-0.4, -0.2) is 68.2 Å². The third-order valence-corrected chi connectivity index (χ3v) is 5.33. The molecule has 0 spiro atoms. The van der Waals surface area contributed by atoms with Crippen molar-refractivity contribution in [3.8, 4) is 17.2 Å². The molecule has 3 rings (SSSR count). The van der Waals surface area contributed by atoms with Crippen LogP contribution < -0.4 is 19.5 Å².